The number of nitrogens with zero attached hydrogens (tertiary/aromatic N) is 1. The second-order valence-corrected chi connectivity index (χ2v) is 4.89. The highest BCUT2D eigenvalue weighted by Gasteiger charge is 2.31. The van der Waals surface area contributed by atoms with Crippen LogP contribution in [0.1, 0.15) is 27.2 Å². The van der Waals surface area contributed by atoms with Gasteiger partial charge in [0.2, 0.25) is 0 Å². The number of halogens is 1. The lowest BCUT2D eigenvalue weighted by molar-refractivity contribution is 0.0116. The van der Waals surface area contributed by atoms with Crippen LogP contribution in [0.25, 0.3) is 0 Å². The molecule has 0 aromatic heterocycles. The maximum Gasteiger partial charge on any atom is 0.410 e. The van der Waals surface area contributed by atoms with Gasteiger partial charge in [-0.3, -0.25) is 0 Å². The molecule has 88 valence electrons. The van der Waals surface area contributed by atoms with Crippen molar-refractivity contribution in [2.24, 2.45) is 5.73 Å². The number of carbonyl (C=O) groups excluding carboxylic acids is 1. The summed E-state index contributed by atoms with van der Waals surface area (Å²) in [6.07, 6.45) is -1.12. The van der Waals surface area contributed by atoms with E-state index >= 15 is 0 Å². The summed E-state index contributed by atoms with van der Waals surface area (Å²) >= 11 is 0. The van der Waals surface area contributed by atoms with Crippen molar-refractivity contribution in [3.63, 3.8) is 0 Å². The van der Waals surface area contributed by atoms with Gasteiger partial charge >= 0.3 is 6.09 Å². The molecule has 0 radical (unpaired) electrons. The summed E-state index contributed by atoms with van der Waals surface area (Å²) in [6, 6.07) is -0.455. The van der Waals surface area contributed by atoms with Crippen molar-refractivity contribution < 1.29 is 13.9 Å². The summed E-state index contributed by atoms with van der Waals surface area (Å²) in [5.74, 6) is 0. The van der Waals surface area contributed by atoms with Crippen molar-refractivity contribution in [3.8, 4) is 0 Å². The number of amides is 1. The van der Waals surface area contributed by atoms with E-state index in [1.807, 2.05) is 0 Å². The Morgan fingerprint density at radius 1 is 1.53 bits per heavy atom. The molecule has 1 saturated heterocycles. The molecule has 1 heterocycles. The molecule has 0 bridgehead atoms. The van der Waals surface area contributed by atoms with Crippen molar-refractivity contribution in [3.05, 3.63) is 0 Å². The van der Waals surface area contributed by atoms with Gasteiger partial charge in [0.25, 0.3) is 0 Å². The normalized spacial score (nSPS) is 27.7. The third-order valence-electron chi connectivity index (χ3n) is 2.24. The second-order valence-electron chi connectivity index (χ2n) is 4.89. The van der Waals surface area contributed by atoms with Crippen molar-refractivity contribution in [1.82, 2.24) is 4.90 Å². The Balaban J connectivity index is 2.48. The molecular formula is C10H19FN2O2. The molecule has 2 N–H and O–H groups in total. The van der Waals surface area contributed by atoms with Gasteiger partial charge in [-0.15, -0.1) is 0 Å². The quantitative estimate of drug-likeness (QED) is 0.666. The largest absolute Gasteiger partial charge is 0.444 e. The first-order valence-electron chi connectivity index (χ1n) is 5.17. The predicted molar refractivity (Wildman–Crippen MR) is 55.3 cm³/mol. The number of nitrogens with two attached hydrogens (primary N) is 1. The average Bonchev–Trinajstić information content (AvgIpc) is 2.06. The molecule has 1 unspecified atom stereocenters. The molecule has 1 fully saturated rings. The smallest absolute Gasteiger partial charge is 0.410 e. The van der Waals surface area contributed by atoms with E-state index in [0.29, 0.717) is 13.0 Å². The van der Waals surface area contributed by atoms with Crippen LogP contribution in [0.15, 0.2) is 0 Å². The molecular weight excluding hydrogens is 199 g/mol. The number of carbonyl (C=O) groups is 1. The number of rotatable bonds is 0. The van der Waals surface area contributed by atoms with Crippen molar-refractivity contribution in [2.45, 2.75) is 45.0 Å². The molecule has 0 aliphatic carbocycles. The first kappa shape index (κ1) is 12.2. The summed E-state index contributed by atoms with van der Waals surface area (Å²) in [4.78, 5) is 12.9. The Morgan fingerprint density at radius 3 is 2.60 bits per heavy atom. The predicted octanol–water partition coefficient (Wildman–Crippen LogP) is 1.29. The van der Waals surface area contributed by atoms with Gasteiger partial charge in [-0.2, -0.15) is 0 Å². The summed E-state index contributed by atoms with van der Waals surface area (Å²) in [5.41, 5.74) is 4.97. The monoisotopic (exact) mass is 218 g/mol. The fraction of sp³-hybridized carbons (Fsp3) is 0.900. The summed E-state index contributed by atoms with van der Waals surface area (Å²) in [5, 5.41) is 0. The number of hydrogen-bond acceptors (Lipinski definition) is 3. The minimum Gasteiger partial charge on any atom is -0.444 e. The highest BCUT2D eigenvalue weighted by molar-refractivity contribution is 5.68. The van der Waals surface area contributed by atoms with Crippen LogP contribution in [-0.2, 0) is 4.74 Å². The Hall–Kier alpha value is -0.840. The van der Waals surface area contributed by atoms with Gasteiger partial charge in [-0.05, 0) is 27.2 Å². The van der Waals surface area contributed by atoms with Crippen LogP contribution < -0.4 is 5.73 Å². The highest BCUT2D eigenvalue weighted by atomic mass is 19.1. The lowest BCUT2D eigenvalue weighted by Crippen LogP contribution is -2.51. The molecule has 15 heavy (non-hydrogen) atoms. The van der Waals surface area contributed by atoms with Crippen molar-refractivity contribution in [2.75, 3.05) is 13.1 Å². The van der Waals surface area contributed by atoms with Crippen LogP contribution in [0, 0.1) is 0 Å². The Kier molecular flexibility index (Phi) is 3.54. The zero-order chi connectivity index (χ0) is 11.6. The van der Waals surface area contributed by atoms with Crippen LogP contribution in [0.5, 0.6) is 0 Å². The van der Waals surface area contributed by atoms with Gasteiger partial charge in [0, 0.05) is 12.6 Å². The Labute approximate surface area is 89.6 Å². The van der Waals surface area contributed by atoms with Crippen LogP contribution in [0.4, 0.5) is 9.18 Å². The molecule has 1 aliphatic heterocycles. The van der Waals surface area contributed by atoms with Gasteiger partial charge < -0.3 is 15.4 Å². The van der Waals surface area contributed by atoms with Crippen LogP contribution in [0.3, 0.4) is 0 Å². The molecule has 0 saturated carbocycles. The minimum atomic E-state index is -1.15. The minimum absolute atomic E-state index is 0.0378. The standard InChI is InChI=1S/C10H19FN2O2/c1-10(2,3)15-9(14)13-5-4-8(12)7(11)6-13/h7-8H,4-6,12H2,1-3H3/t7-,8?/m1/s1. The van der Waals surface area contributed by atoms with E-state index in [2.05, 4.69) is 0 Å². The van der Waals surface area contributed by atoms with E-state index in [1.165, 1.54) is 4.90 Å². The third kappa shape index (κ3) is 3.66. The highest BCUT2D eigenvalue weighted by Crippen LogP contribution is 2.16. The molecule has 2 atom stereocenters. The molecule has 5 heteroatoms. The zero-order valence-electron chi connectivity index (χ0n) is 9.50. The van der Waals surface area contributed by atoms with E-state index in [1.54, 1.807) is 20.8 Å². The van der Waals surface area contributed by atoms with Crippen molar-refractivity contribution >= 4 is 6.09 Å². The molecule has 0 aromatic rings. The SMILES string of the molecule is CC(C)(C)OC(=O)N1CCC(N)[C@H](F)C1. The van der Waals surface area contributed by atoms with E-state index in [-0.39, 0.29) is 6.54 Å². The fourth-order valence-corrected chi connectivity index (χ4v) is 1.42. The van der Waals surface area contributed by atoms with Crippen molar-refractivity contribution in [1.29, 1.82) is 0 Å². The van der Waals surface area contributed by atoms with Gasteiger partial charge in [-0.1, -0.05) is 0 Å². The first-order valence-corrected chi connectivity index (χ1v) is 5.17. The number of likely N-dealkylation sites (tertiary alicyclic amines) is 1. The lowest BCUT2D eigenvalue weighted by atomic mass is 10.0. The van der Waals surface area contributed by atoms with Gasteiger partial charge in [-0.25, -0.2) is 9.18 Å². The lowest BCUT2D eigenvalue weighted by Gasteiger charge is -2.34. The maximum absolute atomic E-state index is 13.2. The van der Waals surface area contributed by atoms with Crippen LogP contribution in [0.2, 0.25) is 0 Å². The number of piperidine rings is 1. The van der Waals surface area contributed by atoms with Gasteiger partial charge in [0.15, 0.2) is 0 Å². The van der Waals surface area contributed by atoms with Gasteiger partial charge in [0.05, 0.1) is 6.54 Å². The average molecular weight is 218 g/mol. The number of ether oxygens (including phenoxy) is 1. The Morgan fingerprint density at radius 2 is 2.13 bits per heavy atom. The maximum atomic E-state index is 13.2. The number of hydrogen-bond donors (Lipinski definition) is 1. The first-order chi connectivity index (χ1) is 6.79. The molecule has 1 amide bonds. The summed E-state index contributed by atoms with van der Waals surface area (Å²) in [7, 11) is 0. The van der Waals surface area contributed by atoms with Crippen LogP contribution >= 0.6 is 0 Å². The second kappa shape index (κ2) is 4.35. The van der Waals surface area contributed by atoms with E-state index in [9.17, 15) is 9.18 Å². The van der Waals surface area contributed by atoms with E-state index in [4.69, 9.17) is 10.5 Å². The molecule has 0 spiro atoms. The molecule has 1 aliphatic rings. The van der Waals surface area contributed by atoms with Gasteiger partial charge in [0.1, 0.15) is 11.8 Å². The van der Waals surface area contributed by atoms with E-state index < -0.39 is 23.9 Å². The molecule has 0 aromatic carbocycles. The topological polar surface area (TPSA) is 55.6 Å². The molecule has 4 nitrogen and oxygen atoms in total. The third-order valence-corrected chi connectivity index (χ3v) is 2.24. The summed E-state index contributed by atoms with van der Waals surface area (Å²) in [6.45, 7) is 5.86. The zero-order valence-corrected chi connectivity index (χ0v) is 9.50. The fourth-order valence-electron chi connectivity index (χ4n) is 1.42. The molecule has 1 rings (SSSR count). The summed E-state index contributed by atoms with van der Waals surface area (Å²) < 4.78 is 18.4. The Bertz CT molecular complexity index is 240. The number of alkyl halides is 1. The van der Waals surface area contributed by atoms with E-state index in [0.717, 1.165) is 0 Å². The van der Waals surface area contributed by atoms with Crippen LogP contribution in [-0.4, -0.2) is 41.9 Å².